The normalized spacial score (nSPS) is 22.7. The Labute approximate surface area is 185 Å². The molecule has 1 aromatic carbocycles. The van der Waals surface area contributed by atoms with E-state index in [1.54, 1.807) is 6.07 Å². The van der Waals surface area contributed by atoms with Gasteiger partial charge in [0.1, 0.15) is 15.5 Å². The zero-order valence-electron chi connectivity index (χ0n) is 17.6. The second-order valence-corrected chi connectivity index (χ2v) is 9.81. The first-order valence-electron chi connectivity index (χ1n) is 11.0. The maximum Gasteiger partial charge on any atom is 0.263 e. The Bertz CT molecular complexity index is 1130. The molecule has 0 aliphatic carbocycles. The summed E-state index contributed by atoms with van der Waals surface area (Å²) < 4.78 is 14.7. The summed E-state index contributed by atoms with van der Waals surface area (Å²) in [5.41, 5.74) is 9.22. The minimum atomic E-state index is -0.236. The van der Waals surface area contributed by atoms with Gasteiger partial charge in [-0.2, -0.15) is 0 Å². The molecule has 4 N–H and O–H groups in total. The Morgan fingerprint density at radius 1 is 1.26 bits per heavy atom. The number of aromatic nitrogens is 1. The number of piperidine rings is 1. The number of fused-ring (bicyclic) bond motifs is 3. The number of nitrogen functional groups attached to an aromatic ring is 1. The van der Waals surface area contributed by atoms with Crippen LogP contribution in [0.5, 0.6) is 0 Å². The van der Waals surface area contributed by atoms with E-state index in [4.69, 9.17) is 5.73 Å². The van der Waals surface area contributed by atoms with Gasteiger partial charge < -0.3 is 16.4 Å². The summed E-state index contributed by atoms with van der Waals surface area (Å²) in [4.78, 5) is 18.3. The zero-order valence-corrected chi connectivity index (χ0v) is 18.4. The fourth-order valence-corrected chi connectivity index (χ4v) is 6.05. The third-order valence-electron chi connectivity index (χ3n) is 6.64. The summed E-state index contributed by atoms with van der Waals surface area (Å²) in [5.74, 6) is 0.0224. The fourth-order valence-electron chi connectivity index (χ4n) is 5.00. The van der Waals surface area contributed by atoms with E-state index < -0.39 is 0 Å². The molecule has 0 radical (unpaired) electrons. The van der Waals surface area contributed by atoms with Crippen LogP contribution in [0.15, 0.2) is 30.3 Å². The van der Waals surface area contributed by atoms with Crippen molar-refractivity contribution in [3.63, 3.8) is 0 Å². The van der Waals surface area contributed by atoms with E-state index in [1.807, 2.05) is 25.1 Å². The third kappa shape index (κ3) is 4.04. The van der Waals surface area contributed by atoms with Crippen LogP contribution in [0.1, 0.15) is 58.1 Å². The number of benzene rings is 1. The molecule has 2 saturated heterocycles. The summed E-state index contributed by atoms with van der Waals surface area (Å²) in [6.07, 6.45) is 5.10. The van der Waals surface area contributed by atoms with E-state index in [-0.39, 0.29) is 11.7 Å². The number of nitrogens with one attached hydrogen (secondary N) is 2. The number of nitrogens with zero attached hydrogens (tertiary/aromatic N) is 1. The van der Waals surface area contributed by atoms with Gasteiger partial charge in [-0.25, -0.2) is 9.37 Å². The summed E-state index contributed by atoms with van der Waals surface area (Å²) in [7, 11) is 0. The number of aryl methyl sites for hydroxylation is 1. The second kappa shape index (κ2) is 8.20. The van der Waals surface area contributed by atoms with Gasteiger partial charge in [-0.3, -0.25) is 4.79 Å². The van der Waals surface area contributed by atoms with Gasteiger partial charge in [-0.15, -0.1) is 11.3 Å². The van der Waals surface area contributed by atoms with Crippen LogP contribution < -0.4 is 16.4 Å². The van der Waals surface area contributed by atoms with E-state index in [1.165, 1.54) is 24.2 Å². The lowest BCUT2D eigenvalue weighted by molar-refractivity contribution is 0.0959. The van der Waals surface area contributed by atoms with Gasteiger partial charge in [0.05, 0.1) is 5.69 Å². The number of carbonyl (C=O) groups is 1. The van der Waals surface area contributed by atoms with Gasteiger partial charge >= 0.3 is 0 Å². The number of hydrogen-bond donors (Lipinski definition) is 3. The van der Waals surface area contributed by atoms with Crippen molar-refractivity contribution < 1.29 is 9.18 Å². The molecule has 162 valence electrons. The summed E-state index contributed by atoms with van der Waals surface area (Å²) >= 11 is 1.29. The second-order valence-electron chi connectivity index (χ2n) is 8.81. The van der Waals surface area contributed by atoms with E-state index >= 15 is 0 Å². The van der Waals surface area contributed by atoms with Crippen molar-refractivity contribution >= 4 is 33.1 Å². The first-order chi connectivity index (χ1) is 15.0. The highest BCUT2D eigenvalue weighted by atomic mass is 32.1. The molecule has 3 aromatic rings. The molecular weight excluding hydrogens is 411 g/mol. The lowest BCUT2D eigenvalue weighted by atomic mass is 9.86. The molecule has 2 aliphatic rings. The van der Waals surface area contributed by atoms with Crippen molar-refractivity contribution in [2.24, 2.45) is 0 Å². The highest BCUT2D eigenvalue weighted by molar-refractivity contribution is 7.21. The van der Waals surface area contributed by atoms with Crippen molar-refractivity contribution in [1.29, 1.82) is 0 Å². The number of halogens is 1. The molecule has 1 unspecified atom stereocenters. The molecule has 2 aliphatic heterocycles. The lowest BCUT2D eigenvalue weighted by Gasteiger charge is -2.29. The molecule has 31 heavy (non-hydrogen) atoms. The van der Waals surface area contributed by atoms with Gasteiger partial charge in [0.2, 0.25) is 0 Å². The lowest BCUT2D eigenvalue weighted by Crippen LogP contribution is -2.37. The number of carbonyl (C=O) groups excluding carboxylic acids is 1. The van der Waals surface area contributed by atoms with Crippen LogP contribution in [0.2, 0.25) is 0 Å². The van der Waals surface area contributed by atoms with E-state index in [0.717, 1.165) is 34.3 Å². The van der Waals surface area contributed by atoms with Gasteiger partial charge in [-0.05, 0) is 74.3 Å². The van der Waals surface area contributed by atoms with Gasteiger partial charge in [0.15, 0.2) is 0 Å². The van der Waals surface area contributed by atoms with Crippen molar-refractivity contribution in [2.75, 3.05) is 12.3 Å². The third-order valence-corrected chi connectivity index (χ3v) is 7.75. The monoisotopic (exact) mass is 438 g/mol. The topological polar surface area (TPSA) is 80.0 Å². The number of thiophene rings is 1. The largest absolute Gasteiger partial charge is 0.397 e. The number of nitrogens with two attached hydrogens (primary N) is 1. The molecule has 7 heteroatoms. The Morgan fingerprint density at radius 2 is 2.03 bits per heavy atom. The number of anilines is 1. The minimum Gasteiger partial charge on any atom is -0.397 e. The average Bonchev–Trinajstić information content (AvgIpc) is 3.26. The van der Waals surface area contributed by atoms with E-state index in [0.29, 0.717) is 47.1 Å². The molecule has 3 atom stereocenters. The van der Waals surface area contributed by atoms with Crippen LogP contribution in [0.25, 0.3) is 10.2 Å². The molecule has 4 heterocycles. The van der Waals surface area contributed by atoms with E-state index in [9.17, 15) is 9.18 Å². The standard InChI is InChI=1S/C24H27FN4OS/c1-13-2-7-19-21(26)22(31-24(19)28-13)23(30)27-9-8-14-3-4-15(12-20(14)25)16-10-17-5-6-18(11-16)29-17/h2-4,7,12,16-18,29H,5-6,8-11,26H2,1H3,(H,27,30)/t16?,17-,18+. The van der Waals surface area contributed by atoms with Crippen LogP contribution in [-0.2, 0) is 6.42 Å². The van der Waals surface area contributed by atoms with E-state index in [2.05, 4.69) is 21.7 Å². The van der Waals surface area contributed by atoms with Crippen molar-refractivity contribution in [3.05, 3.63) is 57.8 Å². The number of pyridine rings is 1. The van der Waals surface area contributed by atoms with Crippen molar-refractivity contribution in [2.45, 2.75) is 57.0 Å². The van der Waals surface area contributed by atoms with Crippen LogP contribution in [0.3, 0.4) is 0 Å². The highest BCUT2D eigenvalue weighted by Crippen LogP contribution is 2.37. The summed E-state index contributed by atoms with van der Waals surface area (Å²) in [6, 6.07) is 10.6. The van der Waals surface area contributed by atoms with Crippen LogP contribution in [-0.4, -0.2) is 29.5 Å². The molecule has 0 saturated carbocycles. The molecule has 1 amide bonds. The Kier molecular flexibility index (Phi) is 5.40. The Balaban J connectivity index is 1.21. The summed E-state index contributed by atoms with van der Waals surface area (Å²) in [5, 5.41) is 7.31. The van der Waals surface area contributed by atoms with Crippen LogP contribution >= 0.6 is 11.3 Å². The molecular formula is C24H27FN4OS. The first kappa shape index (κ1) is 20.4. The number of rotatable bonds is 5. The molecule has 5 nitrogen and oxygen atoms in total. The van der Waals surface area contributed by atoms with Crippen LogP contribution in [0.4, 0.5) is 10.1 Å². The van der Waals surface area contributed by atoms with Gasteiger partial charge in [-0.1, -0.05) is 12.1 Å². The molecule has 0 spiro atoms. The molecule has 5 rings (SSSR count). The number of amides is 1. The number of hydrogen-bond acceptors (Lipinski definition) is 5. The average molecular weight is 439 g/mol. The molecule has 2 aromatic heterocycles. The smallest absolute Gasteiger partial charge is 0.263 e. The highest BCUT2D eigenvalue weighted by Gasteiger charge is 2.34. The SMILES string of the molecule is Cc1ccc2c(N)c(C(=O)NCCc3ccc(C4C[C@H]5CC[C@@H](C4)N5)cc3F)sc2n1. The zero-order chi connectivity index (χ0) is 21.5. The quantitative estimate of drug-likeness (QED) is 0.555. The maximum atomic E-state index is 14.7. The predicted molar refractivity (Wildman–Crippen MR) is 123 cm³/mol. The predicted octanol–water partition coefficient (Wildman–Crippen LogP) is 4.30. The Morgan fingerprint density at radius 3 is 2.77 bits per heavy atom. The fraction of sp³-hybridized carbons (Fsp3) is 0.417. The minimum absolute atomic E-state index is 0.182. The van der Waals surface area contributed by atoms with Crippen molar-refractivity contribution in [3.8, 4) is 0 Å². The van der Waals surface area contributed by atoms with Gasteiger partial charge in [0, 0.05) is 29.7 Å². The molecule has 2 bridgehead atoms. The maximum absolute atomic E-state index is 14.7. The van der Waals surface area contributed by atoms with Crippen LogP contribution in [0, 0.1) is 12.7 Å². The van der Waals surface area contributed by atoms with Crippen molar-refractivity contribution in [1.82, 2.24) is 15.6 Å². The van der Waals surface area contributed by atoms with Gasteiger partial charge in [0.25, 0.3) is 5.91 Å². The molecule has 2 fully saturated rings. The summed E-state index contributed by atoms with van der Waals surface area (Å²) in [6.45, 7) is 2.26. The Hall–Kier alpha value is -2.51. The first-order valence-corrected chi connectivity index (χ1v) is 11.8.